The molecule has 3 rings (SSSR count). The summed E-state index contributed by atoms with van der Waals surface area (Å²) in [6, 6.07) is 7.15. The molecule has 2 fully saturated rings. The number of unbranched alkanes of at least 4 members (excludes halogenated alkanes) is 1. The maximum Gasteiger partial charge on any atom is 0.251 e. The second kappa shape index (κ2) is 9.14. The van der Waals surface area contributed by atoms with Crippen LogP contribution < -0.4 is 10.6 Å². The number of carbonyl (C=O) groups excluding carboxylic acids is 2. The quantitative estimate of drug-likeness (QED) is 0.698. The molecule has 26 heavy (non-hydrogen) atoms. The van der Waals surface area contributed by atoms with Gasteiger partial charge in [-0.1, -0.05) is 13.0 Å². The second-order valence-electron chi connectivity index (χ2n) is 7.31. The van der Waals surface area contributed by atoms with Gasteiger partial charge in [-0.05, 0) is 49.9 Å². The summed E-state index contributed by atoms with van der Waals surface area (Å²) in [5.41, 5.74) is 1.27. The minimum Gasteiger partial charge on any atom is -0.379 e. The van der Waals surface area contributed by atoms with Gasteiger partial charge in [-0.15, -0.1) is 0 Å². The molecule has 6 heteroatoms. The van der Waals surface area contributed by atoms with Gasteiger partial charge in [0.15, 0.2) is 0 Å². The van der Waals surface area contributed by atoms with E-state index in [2.05, 4.69) is 22.5 Å². The van der Waals surface area contributed by atoms with Gasteiger partial charge in [-0.25, -0.2) is 0 Å². The molecule has 1 aliphatic heterocycles. The number of benzene rings is 1. The van der Waals surface area contributed by atoms with Crippen LogP contribution in [0.25, 0.3) is 0 Å². The minimum absolute atomic E-state index is 0.0539. The Bertz CT molecular complexity index is 628. The summed E-state index contributed by atoms with van der Waals surface area (Å²) < 4.78 is 5.34. The number of amides is 2. The molecule has 2 atom stereocenters. The average molecular weight is 359 g/mol. The number of rotatable bonds is 8. The van der Waals surface area contributed by atoms with Crippen molar-refractivity contribution in [3.8, 4) is 0 Å². The van der Waals surface area contributed by atoms with Gasteiger partial charge in [0, 0.05) is 36.8 Å². The number of morpholine rings is 1. The standard InChI is InChI=1S/C20H29N3O3/c1-15-13-18(15)20(25)22-17-6-4-5-16(14-17)19(24)21-7-2-3-8-23-9-11-26-12-10-23/h4-6,14-15,18H,2-3,7-13H2,1H3,(H,21,24)(H,22,25). The molecule has 1 aromatic rings. The molecule has 1 aliphatic carbocycles. The number of nitrogens with zero attached hydrogens (tertiary/aromatic N) is 1. The van der Waals surface area contributed by atoms with Crippen LogP contribution in [0.5, 0.6) is 0 Å². The zero-order valence-corrected chi connectivity index (χ0v) is 15.5. The third-order valence-electron chi connectivity index (χ3n) is 5.13. The van der Waals surface area contributed by atoms with Crippen LogP contribution in [0, 0.1) is 11.8 Å². The van der Waals surface area contributed by atoms with E-state index in [1.54, 1.807) is 18.2 Å². The van der Waals surface area contributed by atoms with Crippen molar-refractivity contribution in [2.75, 3.05) is 44.7 Å². The van der Waals surface area contributed by atoms with E-state index >= 15 is 0 Å². The molecule has 6 nitrogen and oxygen atoms in total. The van der Waals surface area contributed by atoms with Gasteiger partial charge >= 0.3 is 0 Å². The maximum atomic E-state index is 12.3. The van der Waals surface area contributed by atoms with Crippen LogP contribution in [0.4, 0.5) is 5.69 Å². The molecule has 0 aromatic heterocycles. The van der Waals surface area contributed by atoms with Crippen molar-refractivity contribution in [2.24, 2.45) is 11.8 Å². The fourth-order valence-electron chi connectivity index (χ4n) is 3.25. The van der Waals surface area contributed by atoms with Crippen molar-refractivity contribution in [1.82, 2.24) is 10.2 Å². The Morgan fingerprint density at radius 1 is 1.23 bits per heavy atom. The van der Waals surface area contributed by atoms with E-state index in [4.69, 9.17) is 4.74 Å². The van der Waals surface area contributed by atoms with Crippen molar-refractivity contribution in [1.29, 1.82) is 0 Å². The van der Waals surface area contributed by atoms with Crippen LogP contribution in [0.15, 0.2) is 24.3 Å². The van der Waals surface area contributed by atoms with Crippen LogP contribution >= 0.6 is 0 Å². The van der Waals surface area contributed by atoms with Gasteiger partial charge in [-0.3, -0.25) is 14.5 Å². The monoisotopic (exact) mass is 359 g/mol. The summed E-state index contributed by atoms with van der Waals surface area (Å²) >= 11 is 0. The number of carbonyl (C=O) groups is 2. The lowest BCUT2D eigenvalue weighted by molar-refractivity contribution is -0.117. The van der Waals surface area contributed by atoms with E-state index in [0.717, 1.165) is 52.1 Å². The van der Waals surface area contributed by atoms with Crippen LogP contribution in [-0.4, -0.2) is 56.1 Å². The topological polar surface area (TPSA) is 70.7 Å². The van der Waals surface area contributed by atoms with E-state index in [-0.39, 0.29) is 17.7 Å². The van der Waals surface area contributed by atoms with Crippen molar-refractivity contribution >= 4 is 17.5 Å². The fourth-order valence-corrected chi connectivity index (χ4v) is 3.25. The molecule has 2 amide bonds. The van der Waals surface area contributed by atoms with E-state index in [9.17, 15) is 9.59 Å². The van der Waals surface area contributed by atoms with Crippen LogP contribution in [0.1, 0.15) is 36.5 Å². The fraction of sp³-hybridized carbons (Fsp3) is 0.600. The molecule has 1 saturated heterocycles. The first-order valence-electron chi connectivity index (χ1n) is 9.63. The van der Waals surface area contributed by atoms with Gasteiger partial charge in [0.05, 0.1) is 13.2 Å². The molecule has 2 unspecified atom stereocenters. The Hall–Kier alpha value is -1.92. The largest absolute Gasteiger partial charge is 0.379 e. The smallest absolute Gasteiger partial charge is 0.251 e. The zero-order chi connectivity index (χ0) is 18.4. The second-order valence-corrected chi connectivity index (χ2v) is 7.31. The van der Waals surface area contributed by atoms with Gasteiger partial charge in [0.25, 0.3) is 5.91 Å². The molecule has 0 spiro atoms. The van der Waals surface area contributed by atoms with Gasteiger partial charge in [0.1, 0.15) is 0 Å². The number of nitrogens with one attached hydrogen (secondary N) is 2. The van der Waals surface area contributed by atoms with E-state index in [0.29, 0.717) is 23.7 Å². The average Bonchev–Trinajstić information content (AvgIpc) is 3.39. The number of hydrogen-bond acceptors (Lipinski definition) is 4. The van der Waals surface area contributed by atoms with Gasteiger partial charge in [0.2, 0.25) is 5.91 Å². The molecule has 1 heterocycles. The maximum absolute atomic E-state index is 12.3. The molecular formula is C20H29N3O3. The lowest BCUT2D eigenvalue weighted by atomic mass is 10.1. The summed E-state index contributed by atoms with van der Waals surface area (Å²) in [7, 11) is 0. The summed E-state index contributed by atoms with van der Waals surface area (Å²) in [6.07, 6.45) is 2.98. The normalized spacial score (nSPS) is 22.7. The Morgan fingerprint density at radius 2 is 2.00 bits per heavy atom. The number of ether oxygens (including phenoxy) is 1. The Balaban J connectivity index is 1.37. The van der Waals surface area contributed by atoms with Crippen molar-refractivity contribution < 1.29 is 14.3 Å². The highest BCUT2D eigenvalue weighted by Gasteiger charge is 2.39. The first-order chi connectivity index (χ1) is 12.6. The number of hydrogen-bond donors (Lipinski definition) is 2. The lowest BCUT2D eigenvalue weighted by Gasteiger charge is -2.26. The summed E-state index contributed by atoms with van der Waals surface area (Å²) in [5.74, 6) is 0.559. The minimum atomic E-state index is -0.0905. The highest BCUT2D eigenvalue weighted by molar-refractivity contribution is 5.98. The van der Waals surface area contributed by atoms with Crippen molar-refractivity contribution in [3.05, 3.63) is 29.8 Å². The Labute approximate surface area is 155 Å². The molecule has 142 valence electrons. The van der Waals surface area contributed by atoms with E-state index in [1.165, 1.54) is 0 Å². The summed E-state index contributed by atoms with van der Waals surface area (Å²) in [5, 5.41) is 5.87. The SMILES string of the molecule is CC1CC1C(=O)Nc1cccc(C(=O)NCCCCN2CCOCC2)c1. The molecule has 2 N–H and O–H groups in total. The summed E-state index contributed by atoms with van der Waals surface area (Å²) in [6.45, 7) is 7.45. The summed E-state index contributed by atoms with van der Waals surface area (Å²) in [4.78, 5) is 26.7. The zero-order valence-electron chi connectivity index (χ0n) is 15.5. The first-order valence-corrected chi connectivity index (χ1v) is 9.63. The number of anilines is 1. The van der Waals surface area contributed by atoms with Crippen molar-refractivity contribution in [3.63, 3.8) is 0 Å². The Kier molecular flexibility index (Phi) is 6.63. The molecule has 0 bridgehead atoms. The molecular weight excluding hydrogens is 330 g/mol. The first kappa shape index (κ1) is 18.9. The van der Waals surface area contributed by atoms with Crippen LogP contribution in [0.2, 0.25) is 0 Å². The molecule has 1 aromatic carbocycles. The predicted octanol–water partition coefficient (Wildman–Crippen LogP) is 2.12. The predicted molar refractivity (Wildman–Crippen MR) is 101 cm³/mol. The lowest BCUT2D eigenvalue weighted by Crippen LogP contribution is -2.37. The van der Waals surface area contributed by atoms with Crippen LogP contribution in [0.3, 0.4) is 0 Å². The molecule has 0 radical (unpaired) electrons. The third-order valence-corrected chi connectivity index (χ3v) is 5.13. The van der Waals surface area contributed by atoms with Gasteiger partial charge in [-0.2, -0.15) is 0 Å². The molecule has 2 aliphatic rings. The Morgan fingerprint density at radius 3 is 2.73 bits per heavy atom. The highest BCUT2D eigenvalue weighted by Crippen LogP contribution is 2.38. The third kappa shape index (κ3) is 5.54. The van der Waals surface area contributed by atoms with Crippen molar-refractivity contribution in [2.45, 2.75) is 26.2 Å². The highest BCUT2D eigenvalue weighted by atomic mass is 16.5. The molecule has 1 saturated carbocycles. The van der Waals surface area contributed by atoms with Gasteiger partial charge < -0.3 is 15.4 Å². The van der Waals surface area contributed by atoms with Crippen LogP contribution in [-0.2, 0) is 9.53 Å². The van der Waals surface area contributed by atoms with E-state index < -0.39 is 0 Å². The van der Waals surface area contributed by atoms with E-state index in [1.807, 2.05) is 6.07 Å².